The number of hydrogen-bond donors (Lipinski definition) is 3. The molecule has 0 aliphatic heterocycles. The van der Waals surface area contributed by atoms with Gasteiger partial charge in [0.05, 0.1) is 11.3 Å². The zero-order valence-corrected chi connectivity index (χ0v) is 11.8. The summed E-state index contributed by atoms with van der Waals surface area (Å²) in [4.78, 5) is 0. The minimum Gasteiger partial charge on any atom is -0.313 e. The van der Waals surface area contributed by atoms with Gasteiger partial charge in [0.25, 0.3) is 0 Å². The molecule has 1 rings (SSSR count). The molecule has 1 heterocycles. The van der Waals surface area contributed by atoms with Crippen LogP contribution in [0.5, 0.6) is 0 Å². The monoisotopic (exact) mass is 276 g/mol. The maximum Gasteiger partial charge on any atom is 0.216 e. The predicted molar refractivity (Wildman–Crippen MR) is 67.2 cm³/mol. The number of hydrogen-bond acceptors (Lipinski definition) is 6. The van der Waals surface area contributed by atoms with Gasteiger partial charge in [0.2, 0.25) is 10.0 Å². The highest BCUT2D eigenvalue weighted by Crippen LogP contribution is 2.08. The van der Waals surface area contributed by atoms with E-state index < -0.39 is 21.3 Å². The number of aromatic amines is 1. The molecule has 0 spiro atoms. The van der Waals surface area contributed by atoms with E-state index in [1.54, 1.807) is 13.8 Å². The van der Waals surface area contributed by atoms with Crippen LogP contribution in [0.25, 0.3) is 0 Å². The van der Waals surface area contributed by atoms with Gasteiger partial charge < -0.3 is 5.32 Å². The first-order valence-electron chi connectivity index (χ1n) is 5.80. The van der Waals surface area contributed by atoms with Crippen molar-refractivity contribution in [3.8, 4) is 0 Å². The Morgan fingerprint density at radius 1 is 1.28 bits per heavy atom. The van der Waals surface area contributed by atoms with Gasteiger partial charge in [0, 0.05) is 12.6 Å². The van der Waals surface area contributed by atoms with Crippen LogP contribution in [-0.4, -0.2) is 46.9 Å². The summed E-state index contributed by atoms with van der Waals surface area (Å²) in [6, 6.07) is -0.257. The quantitative estimate of drug-likeness (QED) is 0.622. The second-order valence-corrected chi connectivity index (χ2v) is 6.66. The van der Waals surface area contributed by atoms with Gasteiger partial charge in [-0.25, -0.2) is 13.1 Å². The van der Waals surface area contributed by atoms with Crippen LogP contribution in [0.2, 0.25) is 0 Å². The van der Waals surface area contributed by atoms with Crippen molar-refractivity contribution < 1.29 is 8.42 Å². The average molecular weight is 276 g/mol. The lowest BCUT2D eigenvalue weighted by molar-refractivity contribution is 0.527. The van der Waals surface area contributed by atoms with E-state index in [-0.39, 0.29) is 6.04 Å². The summed E-state index contributed by atoms with van der Waals surface area (Å²) in [6.45, 7) is 7.65. The first-order chi connectivity index (χ1) is 8.33. The number of aromatic nitrogens is 4. The Bertz CT molecular complexity index is 444. The molecule has 0 saturated heterocycles. The molecule has 0 saturated carbocycles. The molecule has 0 fully saturated rings. The molecule has 0 radical (unpaired) electrons. The minimum absolute atomic E-state index is 0.247. The van der Waals surface area contributed by atoms with Crippen molar-refractivity contribution in [2.75, 3.05) is 6.54 Å². The molecule has 0 amide bonds. The lowest BCUT2D eigenvalue weighted by Crippen LogP contribution is -2.41. The summed E-state index contributed by atoms with van der Waals surface area (Å²) in [5, 5.41) is 15.7. The molecule has 0 bridgehead atoms. The highest BCUT2D eigenvalue weighted by Gasteiger charge is 2.24. The van der Waals surface area contributed by atoms with Crippen LogP contribution in [0.15, 0.2) is 0 Å². The Morgan fingerprint density at radius 3 is 2.44 bits per heavy atom. The van der Waals surface area contributed by atoms with Crippen molar-refractivity contribution in [2.45, 2.75) is 45.0 Å². The van der Waals surface area contributed by atoms with E-state index in [2.05, 4.69) is 30.7 Å². The average Bonchev–Trinajstić information content (AvgIpc) is 2.78. The Hall–Kier alpha value is -1.06. The second-order valence-electron chi connectivity index (χ2n) is 4.53. The fourth-order valence-electron chi connectivity index (χ4n) is 1.28. The molecule has 0 aliphatic carbocycles. The summed E-state index contributed by atoms with van der Waals surface area (Å²) in [5.74, 6) is 0.322. The van der Waals surface area contributed by atoms with Gasteiger partial charge in [-0.05, 0) is 13.8 Å². The lowest BCUT2D eigenvalue weighted by atomic mass is 10.3. The Morgan fingerprint density at radius 2 is 1.94 bits per heavy atom. The van der Waals surface area contributed by atoms with Gasteiger partial charge in [-0.2, -0.15) is 5.21 Å². The number of nitrogens with zero attached hydrogens (tertiary/aromatic N) is 3. The molecule has 104 valence electrons. The normalized spacial score (nSPS) is 15.8. The number of sulfonamides is 1. The first-order valence-corrected chi connectivity index (χ1v) is 7.35. The Balaban J connectivity index is 2.58. The smallest absolute Gasteiger partial charge is 0.216 e. The van der Waals surface area contributed by atoms with Crippen molar-refractivity contribution in [3.05, 3.63) is 5.82 Å². The maximum absolute atomic E-state index is 12.0. The van der Waals surface area contributed by atoms with Gasteiger partial charge in [-0.1, -0.05) is 19.1 Å². The molecule has 9 heteroatoms. The predicted octanol–water partition coefficient (Wildman–Crippen LogP) is -0.433. The van der Waals surface area contributed by atoms with Crippen LogP contribution in [0, 0.1) is 0 Å². The number of tetrazole rings is 1. The molecule has 2 unspecified atom stereocenters. The fraction of sp³-hybridized carbons (Fsp3) is 0.889. The second kappa shape index (κ2) is 6.21. The molecular formula is C9H20N6O2S. The zero-order valence-electron chi connectivity index (χ0n) is 11.0. The lowest BCUT2D eigenvalue weighted by Gasteiger charge is -2.18. The standard InChI is InChI=1S/C9H20N6O2S/c1-6(2)10-5-7(3)18(16,17)13-8(4)9-11-14-15-12-9/h6-8,10,13H,5H2,1-4H3,(H,11,12,14,15). The summed E-state index contributed by atoms with van der Waals surface area (Å²) in [7, 11) is -3.42. The summed E-state index contributed by atoms with van der Waals surface area (Å²) in [5.41, 5.74) is 0. The van der Waals surface area contributed by atoms with E-state index in [4.69, 9.17) is 0 Å². The van der Waals surface area contributed by atoms with Gasteiger partial charge >= 0.3 is 0 Å². The highest BCUT2D eigenvalue weighted by atomic mass is 32.2. The van der Waals surface area contributed by atoms with E-state index in [1.165, 1.54) is 0 Å². The van der Waals surface area contributed by atoms with Crippen LogP contribution in [0.4, 0.5) is 0 Å². The van der Waals surface area contributed by atoms with Crippen molar-refractivity contribution in [1.82, 2.24) is 30.7 Å². The fourth-order valence-corrected chi connectivity index (χ4v) is 2.43. The number of H-pyrrole nitrogens is 1. The molecule has 0 aliphatic rings. The molecule has 2 atom stereocenters. The van der Waals surface area contributed by atoms with Gasteiger partial charge in [-0.15, -0.1) is 10.2 Å². The third-order valence-corrected chi connectivity index (χ3v) is 4.34. The van der Waals surface area contributed by atoms with Crippen molar-refractivity contribution in [1.29, 1.82) is 0 Å². The van der Waals surface area contributed by atoms with E-state index in [9.17, 15) is 8.42 Å². The van der Waals surface area contributed by atoms with Crippen molar-refractivity contribution in [2.24, 2.45) is 0 Å². The topological polar surface area (TPSA) is 113 Å². The molecule has 0 aromatic carbocycles. The summed E-state index contributed by atoms with van der Waals surface area (Å²) in [6.07, 6.45) is 0. The van der Waals surface area contributed by atoms with Crippen LogP contribution < -0.4 is 10.0 Å². The zero-order chi connectivity index (χ0) is 13.8. The minimum atomic E-state index is -3.42. The summed E-state index contributed by atoms with van der Waals surface area (Å²) < 4.78 is 26.6. The number of rotatable bonds is 7. The molecule has 1 aromatic heterocycles. The molecule has 1 aromatic rings. The van der Waals surface area contributed by atoms with Crippen LogP contribution >= 0.6 is 0 Å². The third kappa shape index (κ3) is 4.31. The first kappa shape index (κ1) is 15.0. The number of nitrogens with one attached hydrogen (secondary N) is 3. The van der Waals surface area contributed by atoms with E-state index in [1.807, 2.05) is 13.8 Å². The highest BCUT2D eigenvalue weighted by molar-refractivity contribution is 7.90. The molecular weight excluding hydrogens is 256 g/mol. The van der Waals surface area contributed by atoms with Gasteiger partial charge in [0.15, 0.2) is 5.82 Å². The molecule has 18 heavy (non-hydrogen) atoms. The van der Waals surface area contributed by atoms with Gasteiger partial charge in [-0.3, -0.25) is 0 Å². The van der Waals surface area contributed by atoms with E-state index in [0.29, 0.717) is 12.4 Å². The third-order valence-electron chi connectivity index (χ3n) is 2.43. The molecule has 8 nitrogen and oxygen atoms in total. The Kier molecular flexibility index (Phi) is 5.17. The van der Waals surface area contributed by atoms with Crippen LogP contribution in [0.3, 0.4) is 0 Å². The summed E-state index contributed by atoms with van der Waals surface area (Å²) >= 11 is 0. The molecule has 3 N–H and O–H groups in total. The van der Waals surface area contributed by atoms with E-state index in [0.717, 1.165) is 0 Å². The SMILES string of the molecule is CC(C)NCC(C)S(=O)(=O)NC(C)c1nn[nH]n1. The van der Waals surface area contributed by atoms with E-state index >= 15 is 0 Å². The van der Waals surface area contributed by atoms with Gasteiger partial charge in [0.1, 0.15) is 0 Å². The van der Waals surface area contributed by atoms with Crippen LogP contribution in [0.1, 0.15) is 39.6 Å². The largest absolute Gasteiger partial charge is 0.313 e. The van der Waals surface area contributed by atoms with Crippen molar-refractivity contribution >= 4 is 10.0 Å². The van der Waals surface area contributed by atoms with Crippen LogP contribution in [-0.2, 0) is 10.0 Å². The Labute approximate surface area is 107 Å². The van der Waals surface area contributed by atoms with Crippen molar-refractivity contribution in [3.63, 3.8) is 0 Å². The maximum atomic E-state index is 12.0.